The smallest absolute Gasteiger partial charge is 0.0700 e. The van der Waals surface area contributed by atoms with Crippen LogP contribution < -0.4 is 0 Å². The largest absolute Gasteiger partial charge is 0.378 e. The molecule has 0 spiro atoms. The average molecular weight is 171 g/mol. The molecule has 2 aliphatic heterocycles. The summed E-state index contributed by atoms with van der Waals surface area (Å²) < 4.78 is 11.0. The van der Waals surface area contributed by atoms with Gasteiger partial charge in [-0.25, -0.2) is 0 Å². The van der Waals surface area contributed by atoms with Crippen LogP contribution in [-0.4, -0.2) is 49.5 Å². The molecule has 0 radical (unpaired) electrons. The molecule has 3 nitrogen and oxygen atoms in total. The van der Waals surface area contributed by atoms with Crippen molar-refractivity contribution in [2.45, 2.75) is 32.0 Å². The topological polar surface area (TPSA) is 21.7 Å². The molecule has 2 rings (SSSR count). The summed E-state index contributed by atoms with van der Waals surface area (Å²) >= 11 is 0. The van der Waals surface area contributed by atoms with Gasteiger partial charge in [-0.3, -0.25) is 4.90 Å². The number of hydrogen-bond donors (Lipinski definition) is 0. The summed E-state index contributed by atoms with van der Waals surface area (Å²) in [7, 11) is 0. The van der Waals surface area contributed by atoms with Gasteiger partial charge < -0.3 is 9.47 Å². The Morgan fingerprint density at radius 1 is 1.25 bits per heavy atom. The van der Waals surface area contributed by atoms with Crippen molar-refractivity contribution in [3.63, 3.8) is 0 Å². The van der Waals surface area contributed by atoms with Crippen molar-refractivity contribution in [2.24, 2.45) is 0 Å². The van der Waals surface area contributed by atoms with Crippen LogP contribution >= 0.6 is 0 Å². The van der Waals surface area contributed by atoms with Crippen molar-refractivity contribution in [3.05, 3.63) is 0 Å². The Kier molecular flexibility index (Phi) is 2.35. The van der Waals surface area contributed by atoms with Crippen molar-refractivity contribution in [2.75, 3.05) is 26.4 Å². The molecule has 0 saturated carbocycles. The maximum absolute atomic E-state index is 5.64. The molecule has 0 aliphatic carbocycles. The number of nitrogens with zero attached hydrogens (tertiary/aromatic N) is 1. The highest BCUT2D eigenvalue weighted by Gasteiger charge is 2.34. The van der Waals surface area contributed by atoms with Crippen LogP contribution in [-0.2, 0) is 9.47 Å². The number of fused-ring (bicyclic) bond motifs is 1. The zero-order chi connectivity index (χ0) is 8.55. The van der Waals surface area contributed by atoms with Gasteiger partial charge in [0.15, 0.2) is 0 Å². The molecule has 0 N–H and O–H groups in total. The van der Waals surface area contributed by atoms with E-state index in [1.807, 2.05) is 0 Å². The van der Waals surface area contributed by atoms with Gasteiger partial charge >= 0.3 is 0 Å². The van der Waals surface area contributed by atoms with E-state index >= 15 is 0 Å². The third-order valence-electron chi connectivity index (χ3n) is 3.03. The lowest BCUT2D eigenvalue weighted by atomic mass is 10.1. The minimum absolute atomic E-state index is 0.374. The van der Waals surface area contributed by atoms with E-state index in [-0.39, 0.29) is 0 Å². The van der Waals surface area contributed by atoms with E-state index in [4.69, 9.17) is 9.47 Å². The average Bonchev–Trinajstić information content (AvgIpc) is 2.12. The number of ether oxygens (including phenoxy) is 2. The van der Waals surface area contributed by atoms with Gasteiger partial charge in [-0.1, -0.05) is 0 Å². The predicted molar refractivity (Wildman–Crippen MR) is 46.2 cm³/mol. The Labute approximate surface area is 73.6 Å². The molecule has 2 aliphatic rings. The third-order valence-corrected chi connectivity index (χ3v) is 3.03. The van der Waals surface area contributed by atoms with Crippen molar-refractivity contribution in [3.8, 4) is 0 Å². The van der Waals surface area contributed by atoms with Gasteiger partial charge in [0.1, 0.15) is 0 Å². The zero-order valence-corrected chi connectivity index (χ0v) is 7.82. The first-order valence-electron chi connectivity index (χ1n) is 4.74. The Morgan fingerprint density at radius 2 is 2.08 bits per heavy atom. The zero-order valence-electron chi connectivity index (χ0n) is 7.82. The minimum Gasteiger partial charge on any atom is -0.378 e. The fraction of sp³-hybridized carbons (Fsp3) is 1.00. The van der Waals surface area contributed by atoms with Crippen LogP contribution in [0.4, 0.5) is 0 Å². The number of rotatable bonds is 0. The minimum atomic E-state index is 0.374. The van der Waals surface area contributed by atoms with Crippen molar-refractivity contribution >= 4 is 0 Å². The molecule has 0 bridgehead atoms. The van der Waals surface area contributed by atoms with E-state index in [1.165, 1.54) is 0 Å². The van der Waals surface area contributed by atoms with Crippen LogP contribution in [0.15, 0.2) is 0 Å². The van der Waals surface area contributed by atoms with Crippen LogP contribution in [0.5, 0.6) is 0 Å². The summed E-state index contributed by atoms with van der Waals surface area (Å²) in [5.41, 5.74) is 0. The first kappa shape index (κ1) is 8.48. The molecule has 2 saturated heterocycles. The highest BCUT2D eigenvalue weighted by molar-refractivity contribution is 4.86. The summed E-state index contributed by atoms with van der Waals surface area (Å²) in [6.45, 7) is 8.02. The Balaban J connectivity index is 2.03. The Bertz CT molecular complexity index is 161. The first-order chi connectivity index (χ1) is 5.79. The monoisotopic (exact) mass is 171 g/mol. The lowest BCUT2D eigenvalue weighted by molar-refractivity contribution is -0.138. The summed E-state index contributed by atoms with van der Waals surface area (Å²) in [6, 6.07) is 1.05. The van der Waals surface area contributed by atoms with Gasteiger partial charge in [0.2, 0.25) is 0 Å². The van der Waals surface area contributed by atoms with Gasteiger partial charge in [-0.2, -0.15) is 0 Å². The molecule has 3 atom stereocenters. The maximum atomic E-state index is 5.64. The van der Waals surface area contributed by atoms with Gasteiger partial charge in [0.25, 0.3) is 0 Å². The highest BCUT2D eigenvalue weighted by Crippen LogP contribution is 2.20. The van der Waals surface area contributed by atoms with E-state index in [1.54, 1.807) is 0 Å². The predicted octanol–water partition coefficient (Wildman–Crippen LogP) is 0.494. The second-order valence-electron chi connectivity index (χ2n) is 3.75. The van der Waals surface area contributed by atoms with Crippen LogP contribution in [0.1, 0.15) is 13.8 Å². The molecule has 0 aromatic heterocycles. The normalized spacial score (nSPS) is 44.0. The summed E-state index contributed by atoms with van der Waals surface area (Å²) in [5, 5.41) is 0. The van der Waals surface area contributed by atoms with Crippen LogP contribution in [0.25, 0.3) is 0 Å². The van der Waals surface area contributed by atoms with Gasteiger partial charge in [-0.15, -0.1) is 0 Å². The lowest BCUT2D eigenvalue weighted by Crippen LogP contribution is -2.59. The molecule has 2 fully saturated rings. The van der Waals surface area contributed by atoms with Crippen LogP contribution in [0.2, 0.25) is 0 Å². The van der Waals surface area contributed by atoms with Crippen LogP contribution in [0, 0.1) is 0 Å². The highest BCUT2D eigenvalue weighted by atomic mass is 16.5. The molecule has 0 amide bonds. The van der Waals surface area contributed by atoms with E-state index < -0.39 is 0 Å². The maximum Gasteiger partial charge on any atom is 0.0700 e. The Hall–Kier alpha value is -0.120. The fourth-order valence-corrected chi connectivity index (χ4v) is 2.02. The lowest BCUT2D eigenvalue weighted by Gasteiger charge is -2.46. The number of hydrogen-bond acceptors (Lipinski definition) is 3. The second kappa shape index (κ2) is 3.32. The standard InChI is InChI=1S/C9H17NO2/c1-7-8(2)12-6-9-5-11-4-3-10(7)9/h7-9H,3-6H2,1-2H3/t7-,8+,9+/m1/s1. The number of morpholine rings is 2. The SMILES string of the molecule is C[C@@H]1OC[C@@H]2COCCN2[C@@H]1C. The quantitative estimate of drug-likeness (QED) is 0.529. The molecule has 0 unspecified atom stereocenters. The molecule has 0 aromatic carbocycles. The second-order valence-corrected chi connectivity index (χ2v) is 3.75. The fourth-order valence-electron chi connectivity index (χ4n) is 2.02. The van der Waals surface area contributed by atoms with E-state index in [0.717, 1.165) is 26.4 Å². The summed E-state index contributed by atoms with van der Waals surface area (Å²) in [4.78, 5) is 2.51. The van der Waals surface area contributed by atoms with Crippen molar-refractivity contribution in [1.29, 1.82) is 0 Å². The molecule has 12 heavy (non-hydrogen) atoms. The summed E-state index contributed by atoms with van der Waals surface area (Å²) in [5.74, 6) is 0. The Morgan fingerprint density at radius 3 is 2.92 bits per heavy atom. The van der Waals surface area contributed by atoms with Crippen LogP contribution in [0.3, 0.4) is 0 Å². The third kappa shape index (κ3) is 1.37. The van der Waals surface area contributed by atoms with Gasteiger partial charge in [0.05, 0.1) is 32.0 Å². The summed E-state index contributed by atoms with van der Waals surface area (Å²) in [6.07, 6.45) is 0.374. The first-order valence-corrected chi connectivity index (χ1v) is 4.74. The van der Waals surface area contributed by atoms with E-state index in [9.17, 15) is 0 Å². The van der Waals surface area contributed by atoms with Gasteiger partial charge in [0, 0.05) is 12.6 Å². The molecule has 2 heterocycles. The molecule has 3 heteroatoms. The van der Waals surface area contributed by atoms with E-state index in [0.29, 0.717) is 18.2 Å². The molecule has 70 valence electrons. The van der Waals surface area contributed by atoms with E-state index in [2.05, 4.69) is 18.7 Å². The van der Waals surface area contributed by atoms with Gasteiger partial charge in [-0.05, 0) is 13.8 Å². The van der Waals surface area contributed by atoms with Crippen molar-refractivity contribution in [1.82, 2.24) is 4.90 Å². The molecule has 0 aromatic rings. The molecular formula is C9H17NO2. The molecular weight excluding hydrogens is 154 g/mol. The van der Waals surface area contributed by atoms with Crippen molar-refractivity contribution < 1.29 is 9.47 Å².